The van der Waals surface area contributed by atoms with Crippen molar-refractivity contribution in [1.29, 1.82) is 5.26 Å². The number of ether oxygens (including phenoxy) is 2. The first-order valence-corrected chi connectivity index (χ1v) is 14.3. The second-order valence-corrected chi connectivity index (χ2v) is 11.2. The molecule has 0 saturated carbocycles. The zero-order valence-corrected chi connectivity index (χ0v) is 24.2. The van der Waals surface area contributed by atoms with Crippen LogP contribution in [0.4, 0.5) is 4.39 Å². The van der Waals surface area contributed by atoms with Crippen molar-refractivity contribution in [1.82, 2.24) is 10.3 Å². The number of aromatic nitrogens is 1. The average Bonchev–Trinajstić information content (AvgIpc) is 3.39. The molecule has 0 bridgehead atoms. The Bertz CT molecular complexity index is 1580. The Balaban J connectivity index is 1.42. The largest absolute Gasteiger partial charge is 0.488 e. The molecule has 0 unspecified atom stereocenters. The number of benzene rings is 3. The predicted molar refractivity (Wildman–Crippen MR) is 159 cm³/mol. The number of hydrogen-bond donors (Lipinski definition) is 1. The molecule has 5 rings (SSSR count). The number of nitrogens with zero attached hydrogens (tertiary/aromatic N) is 2. The van der Waals surface area contributed by atoms with Crippen LogP contribution >= 0.6 is 11.6 Å². The minimum Gasteiger partial charge on any atom is -0.488 e. The van der Waals surface area contributed by atoms with Gasteiger partial charge in [0.05, 0.1) is 10.6 Å². The lowest BCUT2D eigenvalue weighted by molar-refractivity contribution is 0.206. The molecule has 3 aromatic carbocycles. The summed E-state index contributed by atoms with van der Waals surface area (Å²) >= 11 is 6.79. The van der Waals surface area contributed by atoms with Crippen molar-refractivity contribution >= 4 is 11.6 Å². The SMILES string of the molecule is CC(C)[C@@H](C)NCc1cc(Cl)c(O[C@H]2CCc3c(-c4ccccc4F)cccc32)cc1OCc1cncc(C#N)c1. The van der Waals surface area contributed by atoms with E-state index in [0.29, 0.717) is 46.2 Å². The molecular weight excluding hydrogens is 537 g/mol. The highest BCUT2D eigenvalue weighted by Gasteiger charge is 2.28. The fraction of sp³-hybridized carbons (Fsp3) is 0.294. The number of pyridine rings is 1. The van der Waals surface area contributed by atoms with E-state index < -0.39 is 0 Å². The molecule has 0 saturated heterocycles. The van der Waals surface area contributed by atoms with Crippen LogP contribution in [0.2, 0.25) is 5.02 Å². The van der Waals surface area contributed by atoms with Crippen LogP contribution in [-0.4, -0.2) is 11.0 Å². The molecule has 0 aliphatic heterocycles. The zero-order chi connectivity index (χ0) is 28.9. The van der Waals surface area contributed by atoms with E-state index in [4.69, 9.17) is 21.1 Å². The van der Waals surface area contributed by atoms with E-state index >= 15 is 0 Å². The first kappa shape index (κ1) is 28.6. The summed E-state index contributed by atoms with van der Waals surface area (Å²) in [5, 5.41) is 13.3. The van der Waals surface area contributed by atoms with E-state index in [-0.39, 0.29) is 18.5 Å². The number of rotatable bonds is 10. The Labute approximate surface area is 245 Å². The van der Waals surface area contributed by atoms with Crippen molar-refractivity contribution in [2.24, 2.45) is 5.92 Å². The predicted octanol–water partition coefficient (Wildman–Crippen LogP) is 8.19. The summed E-state index contributed by atoms with van der Waals surface area (Å²) in [5.74, 6) is 1.41. The van der Waals surface area contributed by atoms with Crippen LogP contribution in [0, 0.1) is 23.1 Å². The van der Waals surface area contributed by atoms with Gasteiger partial charge in [-0.25, -0.2) is 4.39 Å². The number of nitrogens with one attached hydrogen (secondary N) is 1. The average molecular weight is 570 g/mol. The van der Waals surface area contributed by atoms with Gasteiger partial charge in [-0.15, -0.1) is 0 Å². The highest BCUT2D eigenvalue weighted by Crippen LogP contribution is 2.43. The first-order valence-electron chi connectivity index (χ1n) is 13.9. The van der Waals surface area contributed by atoms with Gasteiger partial charge in [-0.05, 0) is 60.6 Å². The van der Waals surface area contributed by atoms with Gasteiger partial charge in [0.1, 0.15) is 36.1 Å². The Morgan fingerprint density at radius 1 is 1.05 bits per heavy atom. The van der Waals surface area contributed by atoms with Gasteiger partial charge in [-0.2, -0.15) is 5.26 Å². The Kier molecular flexibility index (Phi) is 8.87. The van der Waals surface area contributed by atoms with Crippen molar-refractivity contribution < 1.29 is 13.9 Å². The highest BCUT2D eigenvalue weighted by atomic mass is 35.5. The monoisotopic (exact) mass is 569 g/mol. The topological polar surface area (TPSA) is 67.2 Å². The first-order chi connectivity index (χ1) is 19.8. The molecule has 1 aliphatic carbocycles. The van der Waals surface area contributed by atoms with Crippen LogP contribution in [-0.2, 0) is 19.6 Å². The van der Waals surface area contributed by atoms with Crippen molar-refractivity contribution in [2.75, 3.05) is 0 Å². The Hall–Kier alpha value is -3.92. The number of fused-ring (bicyclic) bond motifs is 1. The highest BCUT2D eigenvalue weighted by molar-refractivity contribution is 6.32. The molecule has 1 heterocycles. The van der Waals surface area contributed by atoms with E-state index in [9.17, 15) is 9.65 Å². The molecule has 2 atom stereocenters. The van der Waals surface area contributed by atoms with Gasteiger partial charge >= 0.3 is 0 Å². The second-order valence-electron chi connectivity index (χ2n) is 10.8. The third-order valence-electron chi connectivity index (χ3n) is 7.70. The molecule has 7 heteroatoms. The Morgan fingerprint density at radius 3 is 2.63 bits per heavy atom. The van der Waals surface area contributed by atoms with E-state index in [1.807, 2.05) is 42.5 Å². The van der Waals surface area contributed by atoms with Crippen molar-refractivity contribution in [2.45, 2.75) is 58.9 Å². The number of nitriles is 1. The molecule has 1 aliphatic rings. The van der Waals surface area contributed by atoms with Crippen molar-refractivity contribution in [3.8, 4) is 28.7 Å². The summed E-state index contributed by atoms with van der Waals surface area (Å²) in [6, 6.07) is 20.7. The van der Waals surface area contributed by atoms with Gasteiger partial charge in [-0.3, -0.25) is 4.98 Å². The molecule has 0 radical (unpaired) electrons. The number of halogens is 2. The standard InChI is InChI=1S/C34H33ClFN3O2/c1-21(2)22(3)39-19-25-14-30(35)34(15-33(25)40-20-24-13-23(16-37)17-38-18-24)41-32-12-11-27-26(8-6-9-29(27)32)28-7-4-5-10-31(28)36/h4-10,13-15,17-18,21-22,32,39H,11-12,19-20H2,1-3H3/t22-,32+/m1/s1. The summed E-state index contributed by atoms with van der Waals surface area (Å²) < 4.78 is 27.4. The van der Waals surface area contributed by atoms with Crippen LogP contribution in [0.5, 0.6) is 11.5 Å². The molecule has 5 nitrogen and oxygen atoms in total. The fourth-order valence-corrected chi connectivity index (χ4v) is 5.29. The molecule has 4 aromatic rings. The summed E-state index contributed by atoms with van der Waals surface area (Å²) in [6.45, 7) is 7.31. The minimum atomic E-state index is -0.235. The van der Waals surface area contributed by atoms with Gasteiger partial charge in [0.25, 0.3) is 0 Å². The molecule has 0 spiro atoms. The zero-order valence-electron chi connectivity index (χ0n) is 23.5. The molecule has 0 amide bonds. The molecular formula is C34H33ClFN3O2. The van der Waals surface area contributed by atoms with E-state index in [1.54, 1.807) is 18.3 Å². The van der Waals surface area contributed by atoms with Crippen LogP contribution in [0.3, 0.4) is 0 Å². The summed E-state index contributed by atoms with van der Waals surface area (Å²) in [6.07, 6.45) is 4.54. The summed E-state index contributed by atoms with van der Waals surface area (Å²) in [5.41, 5.74) is 5.82. The smallest absolute Gasteiger partial charge is 0.142 e. The number of hydrogen-bond acceptors (Lipinski definition) is 5. The van der Waals surface area contributed by atoms with Gasteiger partial charge in [0.15, 0.2) is 0 Å². The van der Waals surface area contributed by atoms with Crippen LogP contribution in [0.1, 0.15) is 61.1 Å². The van der Waals surface area contributed by atoms with E-state index in [0.717, 1.165) is 40.7 Å². The lowest BCUT2D eigenvalue weighted by Crippen LogP contribution is -2.30. The molecule has 0 fully saturated rings. The van der Waals surface area contributed by atoms with Gasteiger partial charge < -0.3 is 14.8 Å². The minimum absolute atomic E-state index is 0.219. The molecule has 210 valence electrons. The third kappa shape index (κ3) is 6.53. The normalized spacial score (nSPS) is 14.9. The quantitative estimate of drug-likeness (QED) is 0.208. The van der Waals surface area contributed by atoms with E-state index in [1.165, 1.54) is 12.3 Å². The van der Waals surface area contributed by atoms with Crippen LogP contribution < -0.4 is 14.8 Å². The molecule has 41 heavy (non-hydrogen) atoms. The molecule has 1 N–H and O–H groups in total. The summed E-state index contributed by atoms with van der Waals surface area (Å²) in [4.78, 5) is 4.14. The van der Waals surface area contributed by atoms with Gasteiger partial charge in [-0.1, -0.05) is 61.8 Å². The maximum Gasteiger partial charge on any atom is 0.142 e. The summed E-state index contributed by atoms with van der Waals surface area (Å²) in [7, 11) is 0. The van der Waals surface area contributed by atoms with E-state index in [2.05, 4.69) is 37.1 Å². The maximum absolute atomic E-state index is 14.6. The van der Waals surface area contributed by atoms with Crippen LogP contribution in [0.15, 0.2) is 73.1 Å². The van der Waals surface area contributed by atoms with Gasteiger partial charge in [0, 0.05) is 47.7 Å². The second kappa shape index (κ2) is 12.7. The van der Waals surface area contributed by atoms with Gasteiger partial charge in [0.2, 0.25) is 0 Å². The Morgan fingerprint density at radius 2 is 1.85 bits per heavy atom. The van der Waals surface area contributed by atoms with Crippen molar-refractivity contribution in [3.05, 3.63) is 112 Å². The third-order valence-corrected chi connectivity index (χ3v) is 7.99. The molecule has 1 aromatic heterocycles. The lowest BCUT2D eigenvalue weighted by atomic mass is 9.96. The van der Waals surface area contributed by atoms with Crippen LogP contribution in [0.25, 0.3) is 11.1 Å². The lowest BCUT2D eigenvalue weighted by Gasteiger charge is -2.21. The maximum atomic E-state index is 14.6. The fourth-order valence-electron chi connectivity index (χ4n) is 5.06. The van der Waals surface area contributed by atoms with Crippen molar-refractivity contribution in [3.63, 3.8) is 0 Å².